The number of nitrogens with zero attached hydrogens (tertiary/aromatic N) is 1. The monoisotopic (exact) mass is 268 g/mol. The van der Waals surface area contributed by atoms with E-state index in [1.807, 2.05) is 12.1 Å². The van der Waals surface area contributed by atoms with E-state index in [1.54, 1.807) is 36.4 Å². The van der Waals surface area contributed by atoms with Gasteiger partial charge in [0, 0.05) is 21.8 Å². The van der Waals surface area contributed by atoms with Gasteiger partial charge in [-0.15, -0.1) is 0 Å². The third kappa shape index (κ3) is 1.47. The average Bonchev–Trinajstić information content (AvgIpc) is 2.72. The molecule has 0 fully saturated rings. The van der Waals surface area contributed by atoms with Gasteiger partial charge in [-0.1, -0.05) is 48.0 Å². The highest BCUT2D eigenvalue weighted by atomic mass is 35.5. The van der Waals surface area contributed by atoms with E-state index in [-0.39, 0.29) is 5.91 Å². The first-order valence-electron chi connectivity index (χ1n) is 5.77. The topological polar surface area (TPSA) is 52.9 Å². The van der Waals surface area contributed by atoms with E-state index in [2.05, 4.69) is 11.4 Å². The lowest BCUT2D eigenvalue weighted by Gasteiger charge is -2.20. The average molecular weight is 269 g/mol. The van der Waals surface area contributed by atoms with Crippen LogP contribution in [-0.2, 0) is 10.2 Å². The van der Waals surface area contributed by atoms with Crippen LogP contribution in [0.15, 0.2) is 48.5 Å². The number of hydrogen-bond donors (Lipinski definition) is 1. The molecule has 0 unspecified atom stereocenters. The van der Waals surface area contributed by atoms with Crippen LogP contribution >= 0.6 is 11.6 Å². The number of para-hydroxylation sites is 1. The first-order valence-corrected chi connectivity index (χ1v) is 6.15. The summed E-state index contributed by atoms with van der Waals surface area (Å²) in [5.74, 6) is -0.357. The molecule has 3 nitrogen and oxygen atoms in total. The number of nitrogens with one attached hydrogen (secondary N) is 1. The van der Waals surface area contributed by atoms with Crippen LogP contribution in [0.25, 0.3) is 0 Å². The van der Waals surface area contributed by atoms with Gasteiger partial charge in [0.1, 0.15) is 0 Å². The SMILES string of the molecule is N#C[C@]1(c2ccccc2Cl)C(=O)Nc2ccccc21. The van der Waals surface area contributed by atoms with Crippen LogP contribution in [0.3, 0.4) is 0 Å². The summed E-state index contributed by atoms with van der Waals surface area (Å²) in [6.07, 6.45) is 0. The third-order valence-electron chi connectivity index (χ3n) is 3.37. The van der Waals surface area contributed by atoms with Gasteiger partial charge in [-0.05, 0) is 12.1 Å². The van der Waals surface area contributed by atoms with Gasteiger partial charge in [0.25, 0.3) is 5.91 Å². The summed E-state index contributed by atoms with van der Waals surface area (Å²) in [4.78, 5) is 12.3. The fourth-order valence-electron chi connectivity index (χ4n) is 2.46. The van der Waals surface area contributed by atoms with E-state index in [9.17, 15) is 10.1 Å². The van der Waals surface area contributed by atoms with Gasteiger partial charge in [0.05, 0.1) is 6.07 Å². The fraction of sp³-hybridized carbons (Fsp3) is 0.0667. The van der Waals surface area contributed by atoms with Gasteiger partial charge in [-0.25, -0.2) is 0 Å². The van der Waals surface area contributed by atoms with Gasteiger partial charge < -0.3 is 5.32 Å². The molecule has 1 atom stereocenters. The first kappa shape index (κ1) is 11.8. The summed E-state index contributed by atoms with van der Waals surface area (Å²) < 4.78 is 0. The Hall–Kier alpha value is -2.31. The fourth-order valence-corrected chi connectivity index (χ4v) is 2.74. The minimum Gasteiger partial charge on any atom is -0.324 e. The van der Waals surface area contributed by atoms with E-state index in [0.717, 1.165) is 0 Å². The summed E-state index contributed by atoms with van der Waals surface area (Å²) in [7, 11) is 0. The van der Waals surface area contributed by atoms with Gasteiger partial charge in [-0.3, -0.25) is 4.79 Å². The lowest BCUT2D eigenvalue weighted by Crippen LogP contribution is -2.34. The van der Waals surface area contributed by atoms with Crippen molar-refractivity contribution in [2.45, 2.75) is 5.41 Å². The summed E-state index contributed by atoms with van der Waals surface area (Å²) in [6.45, 7) is 0. The number of fused-ring (bicyclic) bond motifs is 1. The lowest BCUT2D eigenvalue weighted by molar-refractivity contribution is -0.118. The summed E-state index contributed by atoms with van der Waals surface area (Å²) in [5, 5.41) is 12.8. The molecule has 0 spiro atoms. The molecule has 2 aromatic carbocycles. The Morgan fingerprint density at radius 3 is 2.37 bits per heavy atom. The zero-order valence-electron chi connectivity index (χ0n) is 9.85. The molecule has 0 aromatic heterocycles. The first-order chi connectivity index (χ1) is 9.20. The number of halogens is 1. The number of rotatable bonds is 1. The predicted molar refractivity (Wildman–Crippen MR) is 72.9 cm³/mol. The molecule has 0 bridgehead atoms. The molecule has 0 saturated carbocycles. The minimum atomic E-state index is -1.37. The Kier molecular flexibility index (Phi) is 2.55. The molecule has 92 valence electrons. The second kappa shape index (κ2) is 4.11. The molecule has 1 aliphatic heterocycles. The quantitative estimate of drug-likeness (QED) is 0.864. The van der Waals surface area contributed by atoms with Crippen LogP contribution in [-0.4, -0.2) is 5.91 Å². The number of carbonyl (C=O) groups is 1. The minimum absolute atomic E-state index is 0.357. The zero-order valence-corrected chi connectivity index (χ0v) is 10.6. The number of carbonyl (C=O) groups excluding carboxylic acids is 1. The molecular formula is C15H9ClN2O. The highest BCUT2D eigenvalue weighted by Crippen LogP contribution is 2.44. The highest BCUT2D eigenvalue weighted by Gasteiger charge is 2.49. The second-order valence-corrected chi connectivity index (χ2v) is 4.75. The molecule has 3 rings (SSSR count). The van der Waals surface area contributed by atoms with Crippen molar-refractivity contribution in [2.24, 2.45) is 0 Å². The molecule has 0 radical (unpaired) electrons. The maximum atomic E-state index is 12.3. The van der Waals surface area contributed by atoms with Crippen LogP contribution in [0.2, 0.25) is 5.02 Å². The molecule has 1 amide bonds. The Bertz CT molecular complexity index is 720. The maximum Gasteiger partial charge on any atom is 0.254 e. The zero-order chi connectivity index (χ0) is 13.5. The van der Waals surface area contributed by atoms with Crippen LogP contribution in [0.5, 0.6) is 0 Å². The smallest absolute Gasteiger partial charge is 0.254 e. The van der Waals surface area contributed by atoms with Gasteiger partial charge in [0.15, 0.2) is 5.41 Å². The summed E-state index contributed by atoms with van der Waals surface area (Å²) in [6, 6.07) is 16.3. The van der Waals surface area contributed by atoms with E-state index >= 15 is 0 Å². The number of hydrogen-bond acceptors (Lipinski definition) is 2. The number of amides is 1. The molecule has 1 heterocycles. The number of nitriles is 1. The number of anilines is 1. The van der Waals surface area contributed by atoms with Gasteiger partial charge in [0.2, 0.25) is 0 Å². The largest absolute Gasteiger partial charge is 0.324 e. The normalized spacial score (nSPS) is 20.5. The molecule has 2 aromatic rings. The molecule has 1 aliphatic rings. The van der Waals surface area contributed by atoms with Crippen molar-refractivity contribution in [2.75, 3.05) is 5.32 Å². The molecular weight excluding hydrogens is 260 g/mol. The third-order valence-corrected chi connectivity index (χ3v) is 3.70. The molecule has 0 aliphatic carbocycles. The highest BCUT2D eigenvalue weighted by molar-refractivity contribution is 6.32. The van der Waals surface area contributed by atoms with Crippen molar-refractivity contribution < 1.29 is 4.79 Å². The van der Waals surface area contributed by atoms with E-state index < -0.39 is 5.41 Å². The summed E-state index contributed by atoms with van der Waals surface area (Å²) >= 11 is 6.17. The summed E-state index contributed by atoms with van der Waals surface area (Å²) in [5.41, 5.74) is 0.459. The van der Waals surface area contributed by atoms with E-state index in [4.69, 9.17) is 11.6 Å². The van der Waals surface area contributed by atoms with Crippen molar-refractivity contribution in [1.82, 2.24) is 0 Å². The maximum absolute atomic E-state index is 12.3. The lowest BCUT2D eigenvalue weighted by atomic mass is 9.77. The molecule has 0 saturated heterocycles. The van der Waals surface area contributed by atoms with Crippen LogP contribution in [0.4, 0.5) is 5.69 Å². The Balaban J connectivity index is 2.35. The van der Waals surface area contributed by atoms with Crippen LogP contribution in [0, 0.1) is 11.3 Å². The van der Waals surface area contributed by atoms with E-state index in [1.165, 1.54) is 0 Å². The van der Waals surface area contributed by atoms with Crippen LogP contribution in [0.1, 0.15) is 11.1 Å². The Labute approximate surface area is 115 Å². The number of benzene rings is 2. The van der Waals surface area contributed by atoms with Crippen molar-refractivity contribution in [3.63, 3.8) is 0 Å². The van der Waals surface area contributed by atoms with Crippen molar-refractivity contribution in [1.29, 1.82) is 5.26 Å². The second-order valence-electron chi connectivity index (χ2n) is 4.34. The van der Waals surface area contributed by atoms with Crippen molar-refractivity contribution in [3.8, 4) is 6.07 Å². The molecule has 1 N–H and O–H groups in total. The predicted octanol–water partition coefficient (Wildman–Crippen LogP) is 3.10. The van der Waals surface area contributed by atoms with Crippen molar-refractivity contribution >= 4 is 23.2 Å². The Morgan fingerprint density at radius 2 is 1.68 bits per heavy atom. The molecule has 4 heteroatoms. The molecule has 19 heavy (non-hydrogen) atoms. The van der Waals surface area contributed by atoms with E-state index in [0.29, 0.717) is 21.8 Å². The van der Waals surface area contributed by atoms with Gasteiger partial charge >= 0.3 is 0 Å². The van der Waals surface area contributed by atoms with Crippen LogP contribution < -0.4 is 5.32 Å². The standard InChI is InChI=1S/C15H9ClN2O/c16-12-7-3-1-5-10(12)15(9-17)11-6-2-4-8-13(11)18-14(15)19/h1-8H,(H,18,19)/t15-/m1/s1. The van der Waals surface area contributed by atoms with Crippen molar-refractivity contribution in [3.05, 3.63) is 64.7 Å². The van der Waals surface area contributed by atoms with Gasteiger partial charge in [-0.2, -0.15) is 5.26 Å². The Morgan fingerprint density at radius 1 is 1.05 bits per heavy atom.